The molecular weight excluding hydrogens is 1420 g/mol. The molecule has 0 radical (unpaired) electrons. The largest absolute Gasteiger partial charge is 0.487 e. The van der Waals surface area contributed by atoms with Crippen molar-refractivity contribution in [2.24, 2.45) is 50.7 Å². The van der Waals surface area contributed by atoms with Gasteiger partial charge in [-0.05, 0) is 174 Å². The monoisotopic (exact) mass is 1520 g/mol. The van der Waals surface area contributed by atoms with Crippen LogP contribution in [0.1, 0.15) is 206 Å². The van der Waals surface area contributed by atoms with Gasteiger partial charge in [-0.3, -0.25) is 9.59 Å². The highest BCUT2D eigenvalue weighted by atomic mass is 19.4. The molecule has 6 unspecified atom stereocenters. The SMILES string of the molecule is CCCCC(CC)CN1C2=C3C=CC=CC3C(C(=O)c3ccc(OCC(F)(F)C(F)(F)C(F)(F)C(F)(F)COc4ccc(C(=O)c5cc6c7cc(/C(CC(C)CC(C)(C)C)=N/OC(C)=O)ccc7n(CC(CC)CCCC)c6c6ccccc56)cc4)cc3)=CC2=C2C=C(/C(CC(C)CC(C)(C)C)=N/OC(C)=O)C=CC21. The second-order valence-corrected chi connectivity index (χ2v) is 32.8. The Labute approximate surface area is 641 Å². The number of Topliss-reactive ketones (excluding diaryl/α,β-unsaturated/α-hetero) is 1. The van der Waals surface area contributed by atoms with E-state index in [0.29, 0.717) is 59.2 Å². The smallest absolute Gasteiger partial charge is 0.381 e. The zero-order valence-electron chi connectivity index (χ0n) is 65.7. The average molecular weight is 1520 g/mol. The van der Waals surface area contributed by atoms with Gasteiger partial charge in [0, 0.05) is 93.6 Å². The maximum Gasteiger partial charge on any atom is 0.381 e. The van der Waals surface area contributed by atoms with Crippen LogP contribution in [-0.2, 0) is 25.8 Å². The molecule has 2 heterocycles. The Morgan fingerprint density at radius 3 is 1.60 bits per heavy atom. The van der Waals surface area contributed by atoms with E-state index in [1.54, 1.807) is 12.1 Å². The lowest BCUT2D eigenvalue weighted by Gasteiger charge is -2.36. The number of benzene rings is 5. The number of rotatable bonds is 35. The summed E-state index contributed by atoms with van der Waals surface area (Å²) in [4.78, 5) is 67.1. The first-order valence-electron chi connectivity index (χ1n) is 38.7. The highest BCUT2D eigenvalue weighted by molar-refractivity contribution is 6.26. The van der Waals surface area contributed by atoms with Crippen molar-refractivity contribution >= 4 is 67.5 Å². The third kappa shape index (κ3) is 18.5. The van der Waals surface area contributed by atoms with Crippen molar-refractivity contribution in [3.63, 3.8) is 0 Å². The van der Waals surface area contributed by atoms with Crippen LogP contribution >= 0.6 is 0 Å². The van der Waals surface area contributed by atoms with E-state index in [-0.39, 0.29) is 45.4 Å². The van der Waals surface area contributed by atoms with E-state index >= 15 is 35.1 Å². The van der Waals surface area contributed by atoms with E-state index in [1.807, 2.05) is 78.9 Å². The molecular formula is C90H104F8N4O8. The zero-order valence-corrected chi connectivity index (χ0v) is 65.7. The van der Waals surface area contributed by atoms with Crippen molar-refractivity contribution in [2.75, 3.05) is 19.8 Å². The molecule has 588 valence electrons. The molecule has 0 amide bonds. The lowest BCUT2D eigenvalue weighted by atomic mass is 9.76. The standard InChI is InChI=1S/C90H104F8N4O8/c1-15-19-25-59(17-3)51-101-79-41-35-63(77(99-109-57(7)103)43-55(5)49-85(9,10)11)45-71(79)73-47-75(67-27-21-23-29-69(67)81(73)101)83(105)61-31-37-65(38-32-61)107-53-87(91,92)89(95,96)90(97,98)88(93,94)54-108-66-39-33-62(34-40-66)84(106)76-48-74-72-46-64(78(100-110-58(8)104)44-56(6)50-86(12,13)14)36-42-80(72)102(52-60(18-4)26-20-16-2)82(74)70-30-24-22-28-68(70)76/h21-24,27-42,45-48,55-56,59-60,67,79H,15-20,25-26,43-44,49-54H2,1-14H3/b99-77+,100-78+. The topological polar surface area (TPSA) is 138 Å². The number of fused-ring (bicyclic) bond motifs is 8. The molecule has 0 spiro atoms. The Bertz CT molecular complexity index is 4710. The van der Waals surface area contributed by atoms with Crippen molar-refractivity contribution in [2.45, 2.75) is 210 Å². The minimum Gasteiger partial charge on any atom is -0.487 e. The predicted molar refractivity (Wildman–Crippen MR) is 420 cm³/mol. The van der Waals surface area contributed by atoms with Gasteiger partial charge in [-0.2, -0.15) is 35.1 Å². The Morgan fingerprint density at radius 2 is 1.06 bits per heavy atom. The molecule has 110 heavy (non-hydrogen) atoms. The van der Waals surface area contributed by atoms with Gasteiger partial charge in [-0.25, -0.2) is 9.59 Å². The molecule has 0 saturated carbocycles. The third-order valence-electron chi connectivity index (χ3n) is 21.2. The normalized spacial score (nSPS) is 17.6. The molecule has 6 aromatic rings. The van der Waals surface area contributed by atoms with E-state index in [0.717, 1.165) is 150 Å². The number of oxime groups is 2. The van der Waals surface area contributed by atoms with Gasteiger partial charge in [0.2, 0.25) is 0 Å². The van der Waals surface area contributed by atoms with Crippen LogP contribution in [0.25, 0.3) is 32.6 Å². The number of alkyl halides is 8. The van der Waals surface area contributed by atoms with Crippen LogP contribution in [0.2, 0.25) is 0 Å². The molecule has 5 aromatic carbocycles. The lowest BCUT2D eigenvalue weighted by Crippen LogP contribution is -2.65. The fourth-order valence-electron chi connectivity index (χ4n) is 16.0. The van der Waals surface area contributed by atoms with E-state index in [4.69, 9.17) is 19.1 Å². The summed E-state index contributed by atoms with van der Waals surface area (Å²) in [6.07, 6.45) is 26.3. The van der Waals surface area contributed by atoms with Crippen molar-refractivity contribution in [1.82, 2.24) is 9.47 Å². The second kappa shape index (κ2) is 34.2. The van der Waals surface area contributed by atoms with Crippen LogP contribution in [0.15, 0.2) is 190 Å². The Morgan fingerprint density at radius 1 is 0.545 bits per heavy atom. The van der Waals surface area contributed by atoms with Crippen LogP contribution in [0.5, 0.6) is 11.5 Å². The first-order chi connectivity index (χ1) is 51.9. The second-order valence-electron chi connectivity index (χ2n) is 32.8. The Hall–Kier alpha value is -9.20. The fraction of sp³-hybridized carbons (Fsp3) is 0.467. The van der Waals surface area contributed by atoms with Gasteiger partial charge in [0.1, 0.15) is 11.5 Å². The summed E-state index contributed by atoms with van der Waals surface area (Å²) in [5, 5.41) is 11.6. The van der Waals surface area contributed by atoms with Crippen LogP contribution in [0, 0.1) is 40.4 Å². The minimum absolute atomic E-state index is 0.00432. The van der Waals surface area contributed by atoms with Crippen molar-refractivity contribution in [3.05, 3.63) is 201 Å². The number of carbonyl (C=O) groups is 4. The number of ketones is 2. The average Bonchev–Trinajstić information content (AvgIpc) is 1.49. The number of unbranched alkanes of at least 4 members (excludes halogenated alkanes) is 2. The quantitative estimate of drug-likeness (QED) is 0.0125. The highest BCUT2D eigenvalue weighted by Gasteiger charge is 2.81. The summed E-state index contributed by atoms with van der Waals surface area (Å²) in [7, 11) is 0. The summed E-state index contributed by atoms with van der Waals surface area (Å²) in [5.41, 5.74) is 8.57. The zero-order chi connectivity index (χ0) is 80.0. The molecule has 1 aromatic heterocycles. The van der Waals surface area contributed by atoms with Crippen LogP contribution in [0.3, 0.4) is 0 Å². The Kier molecular flexibility index (Phi) is 25.9. The fourth-order valence-corrected chi connectivity index (χ4v) is 16.0. The van der Waals surface area contributed by atoms with Gasteiger partial charge < -0.3 is 28.6 Å². The molecule has 0 fully saturated rings. The lowest BCUT2D eigenvalue weighted by molar-refractivity contribution is -0.371. The van der Waals surface area contributed by atoms with Crippen LogP contribution in [-0.4, -0.2) is 93.9 Å². The number of hydrogen-bond donors (Lipinski definition) is 0. The number of hydrogen-bond acceptors (Lipinski definition) is 11. The van der Waals surface area contributed by atoms with Crippen molar-refractivity contribution in [3.8, 4) is 11.5 Å². The molecule has 12 nitrogen and oxygen atoms in total. The summed E-state index contributed by atoms with van der Waals surface area (Å²) in [6.45, 7) is 24.8. The van der Waals surface area contributed by atoms with Gasteiger partial charge in [0.15, 0.2) is 24.8 Å². The minimum atomic E-state index is -6.73. The maximum atomic E-state index is 15.6. The molecule has 10 rings (SSSR count). The molecule has 3 aliphatic carbocycles. The molecule has 6 atom stereocenters. The van der Waals surface area contributed by atoms with E-state index < -0.39 is 77.8 Å². The number of allylic oxidation sites excluding steroid dienone is 9. The molecule has 0 bridgehead atoms. The van der Waals surface area contributed by atoms with Gasteiger partial charge >= 0.3 is 35.6 Å². The van der Waals surface area contributed by atoms with Crippen molar-refractivity contribution in [1.29, 1.82) is 0 Å². The van der Waals surface area contributed by atoms with Crippen LogP contribution in [0.4, 0.5) is 35.1 Å². The molecule has 0 N–H and O–H groups in total. The summed E-state index contributed by atoms with van der Waals surface area (Å²) in [5.74, 6) is -28.1. The Balaban J connectivity index is 0.863. The number of ether oxygens (including phenoxy) is 2. The third-order valence-corrected chi connectivity index (χ3v) is 21.2. The highest BCUT2D eigenvalue weighted by Crippen LogP contribution is 2.54. The van der Waals surface area contributed by atoms with Crippen LogP contribution < -0.4 is 9.47 Å². The first-order valence-corrected chi connectivity index (χ1v) is 38.7. The van der Waals surface area contributed by atoms with Gasteiger partial charge in [-0.15, -0.1) is 0 Å². The summed E-state index contributed by atoms with van der Waals surface area (Å²) in [6, 6.07) is 23.8. The summed E-state index contributed by atoms with van der Waals surface area (Å²) >= 11 is 0. The molecule has 0 saturated heterocycles. The first kappa shape index (κ1) is 83.3. The predicted octanol–water partition coefficient (Wildman–Crippen LogP) is 23.3. The molecule has 1 aliphatic heterocycles. The van der Waals surface area contributed by atoms with Crippen molar-refractivity contribution < 1.29 is 73.5 Å². The number of halogens is 8. The number of aromatic nitrogens is 1. The molecule has 20 heteroatoms. The molecule has 4 aliphatic rings. The number of nitrogens with zero attached hydrogens (tertiary/aromatic N) is 4. The van der Waals surface area contributed by atoms with Gasteiger partial charge in [0.25, 0.3) is 0 Å². The van der Waals surface area contributed by atoms with Gasteiger partial charge in [0.05, 0.1) is 23.0 Å². The maximum absolute atomic E-state index is 15.6. The van der Waals surface area contributed by atoms with E-state index in [2.05, 4.69) is 109 Å². The summed E-state index contributed by atoms with van der Waals surface area (Å²) < 4.78 is 137. The van der Waals surface area contributed by atoms with Gasteiger partial charge in [-0.1, -0.05) is 199 Å². The van der Waals surface area contributed by atoms with E-state index in [1.165, 1.54) is 38.1 Å². The number of carbonyl (C=O) groups excluding carboxylic acids is 4. The van der Waals surface area contributed by atoms with E-state index in [9.17, 15) is 19.2 Å².